The van der Waals surface area contributed by atoms with Crippen LogP contribution in [0.15, 0.2) is 41.1 Å². The van der Waals surface area contributed by atoms with Crippen LogP contribution in [-0.2, 0) is 11.9 Å². The molecule has 2 heterocycles. The van der Waals surface area contributed by atoms with Crippen molar-refractivity contribution in [3.8, 4) is 10.6 Å². The Bertz CT molecular complexity index is 866. The average molecular weight is 382 g/mol. The Morgan fingerprint density at radius 2 is 1.96 bits per heavy atom. The second kappa shape index (κ2) is 6.45. The molecule has 0 atom stereocenters. The maximum absolute atomic E-state index is 12.6. The Morgan fingerprint density at radius 1 is 1.20 bits per heavy atom. The van der Waals surface area contributed by atoms with E-state index in [1.807, 2.05) is 5.38 Å². The number of benzene rings is 1. The van der Waals surface area contributed by atoms with Gasteiger partial charge in [0.2, 0.25) is 0 Å². The van der Waals surface area contributed by atoms with Crippen molar-refractivity contribution >= 4 is 23.1 Å². The van der Waals surface area contributed by atoms with Crippen LogP contribution in [0.2, 0.25) is 0 Å². The SMILES string of the molecule is FC(F)(F)c1ccc(-c2nc(CSc3nncn3C3CC3)cs2)cc1. The Morgan fingerprint density at radius 3 is 2.64 bits per heavy atom. The quantitative estimate of drug-likeness (QED) is 0.580. The summed E-state index contributed by atoms with van der Waals surface area (Å²) >= 11 is 3.00. The van der Waals surface area contributed by atoms with Crippen molar-refractivity contribution in [2.75, 3.05) is 0 Å². The highest BCUT2D eigenvalue weighted by atomic mass is 32.2. The first-order chi connectivity index (χ1) is 12.0. The number of alkyl halides is 3. The maximum atomic E-state index is 12.6. The Hall–Kier alpha value is -1.87. The Balaban J connectivity index is 1.44. The van der Waals surface area contributed by atoms with E-state index in [0.717, 1.165) is 23.0 Å². The van der Waals surface area contributed by atoms with Crippen molar-refractivity contribution in [3.63, 3.8) is 0 Å². The monoisotopic (exact) mass is 382 g/mol. The van der Waals surface area contributed by atoms with Crippen LogP contribution < -0.4 is 0 Å². The summed E-state index contributed by atoms with van der Waals surface area (Å²) in [7, 11) is 0. The molecule has 0 amide bonds. The summed E-state index contributed by atoms with van der Waals surface area (Å²) in [5.41, 5.74) is 0.925. The molecule has 0 N–H and O–H groups in total. The van der Waals surface area contributed by atoms with Gasteiger partial charge in [-0.2, -0.15) is 13.2 Å². The molecule has 0 bridgehead atoms. The van der Waals surface area contributed by atoms with Crippen LogP contribution >= 0.6 is 23.1 Å². The van der Waals surface area contributed by atoms with Gasteiger partial charge in [-0.15, -0.1) is 21.5 Å². The average Bonchev–Trinajstić information content (AvgIpc) is 3.14. The third kappa shape index (κ3) is 3.72. The van der Waals surface area contributed by atoms with Crippen LogP contribution in [0.5, 0.6) is 0 Å². The number of hydrogen-bond donors (Lipinski definition) is 0. The van der Waals surface area contributed by atoms with E-state index in [-0.39, 0.29) is 0 Å². The molecule has 25 heavy (non-hydrogen) atoms. The zero-order valence-electron chi connectivity index (χ0n) is 12.9. The van der Waals surface area contributed by atoms with Crippen LogP contribution in [0.4, 0.5) is 13.2 Å². The molecule has 9 heteroatoms. The molecule has 2 aromatic heterocycles. The van der Waals surface area contributed by atoms with Gasteiger partial charge in [-0.05, 0) is 25.0 Å². The fourth-order valence-corrected chi connectivity index (χ4v) is 4.19. The van der Waals surface area contributed by atoms with E-state index in [9.17, 15) is 13.2 Å². The van der Waals surface area contributed by atoms with Gasteiger partial charge in [0.25, 0.3) is 0 Å². The van der Waals surface area contributed by atoms with Crippen LogP contribution in [0.3, 0.4) is 0 Å². The van der Waals surface area contributed by atoms with Gasteiger partial charge < -0.3 is 4.57 Å². The van der Waals surface area contributed by atoms with Crippen molar-refractivity contribution in [2.24, 2.45) is 0 Å². The van der Waals surface area contributed by atoms with E-state index in [1.165, 1.54) is 36.3 Å². The lowest BCUT2D eigenvalue weighted by Crippen LogP contribution is -2.03. The third-order valence-electron chi connectivity index (χ3n) is 3.84. The molecule has 1 aliphatic rings. The topological polar surface area (TPSA) is 43.6 Å². The molecule has 3 aromatic rings. The molecule has 4 rings (SSSR count). The standard InChI is InChI=1S/C16H13F3N4S2/c17-16(18,19)11-3-1-10(2-4-11)14-21-12(7-24-14)8-25-15-22-20-9-23(15)13-5-6-13/h1-4,7,9,13H,5-6,8H2. The molecule has 0 unspecified atom stereocenters. The molecule has 0 aliphatic heterocycles. The zero-order chi connectivity index (χ0) is 17.4. The van der Waals surface area contributed by atoms with E-state index in [2.05, 4.69) is 19.7 Å². The third-order valence-corrected chi connectivity index (χ3v) is 5.77. The van der Waals surface area contributed by atoms with Gasteiger partial charge in [0.1, 0.15) is 11.3 Å². The molecular formula is C16H13F3N4S2. The summed E-state index contributed by atoms with van der Waals surface area (Å²) in [4.78, 5) is 4.52. The molecule has 130 valence electrons. The summed E-state index contributed by atoms with van der Waals surface area (Å²) in [6.07, 6.45) is -0.226. The summed E-state index contributed by atoms with van der Waals surface area (Å²) in [6.45, 7) is 0. The summed E-state index contributed by atoms with van der Waals surface area (Å²) in [5.74, 6) is 0.655. The molecule has 1 saturated carbocycles. The lowest BCUT2D eigenvalue weighted by Gasteiger charge is -2.06. The highest BCUT2D eigenvalue weighted by Crippen LogP contribution is 2.38. The predicted octanol–water partition coefficient (Wildman–Crippen LogP) is 5.05. The minimum atomic E-state index is -4.32. The molecule has 0 radical (unpaired) electrons. The van der Waals surface area contributed by atoms with E-state index < -0.39 is 11.7 Å². The normalized spacial score (nSPS) is 14.8. The largest absolute Gasteiger partial charge is 0.416 e. The second-order valence-corrected chi connectivity index (χ2v) is 7.56. The Kier molecular flexibility index (Phi) is 4.28. The molecule has 0 spiro atoms. The maximum Gasteiger partial charge on any atom is 0.416 e. The van der Waals surface area contributed by atoms with Gasteiger partial charge in [-0.3, -0.25) is 0 Å². The number of rotatable bonds is 5. The van der Waals surface area contributed by atoms with Gasteiger partial charge in [0.05, 0.1) is 11.3 Å². The van der Waals surface area contributed by atoms with Crippen LogP contribution in [0.1, 0.15) is 30.1 Å². The van der Waals surface area contributed by atoms with Gasteiger partial charge >= 0.3 is 6.18 Å². The first-order valence-corrected chi connectivity index (χ1v) is 9.51. The molecule has 4 nitrogen and oxygen atoms in total. The first kappa shape index (κ1) is 16.6. The van der Waals surface area contributed by atoms with Crippen molar-refractivity contribution in [1.82, 2.24) is 19.7 Å². The Labute approximate surface area is 150 Å². The summed E-state index contributed by atoms with van der Waals surface area (Å²) in [5, 5.41) is 11.6. The molecular weight excluding hydrogens is 369 g/mol. The predicted molar refractivity (Wildman–Crippen MR) is 90.4 cm³/mol. The fraction of sp³-hybridized carbons (Fsp3) is 0.312. The van der Waals surface area contributed by atoms with Crippen molar-refractivity contribution in [1.29, 1.82) is 0 Å². The van der Waals surface area contributed by atoms with Crippen LogP contribution in [0, 0.1) is 0 Å². The number of thiazole rings is 1. The van der Waals surface area contributed by atoms with E-state index in [0.29, 0.717) is 22.4 Å². The molecule has 1 aliphatic carbocycles. The minimum absolute atomic E-state index is 0.524. The van der Waals surface area contributed by atoms with Crippen molar-refractivity contribution < 1.29 is 13.2 Å². The smallest absolute Gasteiger partial charge is 0.306 e. The molecule has 1 fully saturated rings. The first-order valence-electron chi connectivity index (χ1n) is 7.65. The van der Waals surface area contributed by atoms with Gasteiger partial charge in [0.15, 0.2) is 5.16 Å². The number of nitrogens with zero attached hydrogens (tertiary/aromatic N) is 4. The van der Waals surface area contributed by atoms with Crippen LogP contribution in [-0.4, -0.2) is 19.7 Å². The minimum Gasteiger partial charge on any atom is -0.306 e. The molecule has 0 saturated heterocycles. The zero-order valence-corrected chi connectivity index (χ0v) is 14.5. The fourth-order valence-electron chi connectivity index (χ4n) is 2.38. The molecule has 1 aromatic carbocycles. The highest BCUT2D eigenvalue weighted by molar-refractivity contribution is 7.98. The van der Waals surface area contributed by atoms with Gasteiger partial charge in [-0.1, -0.05) is 23.9 Å². The highest BCUT2D eigenvalue weighted by Gasteiger charge is 2.30. The van der Waals surface area contributed by atoms with E-state index in [4.69, 9.17) is 0 Å². The summed E-state index contributed by atoms with van der Waals surface area (Å²) < 4.78 is 40.0. The number of thioether (sulfide) groups is 1. The number of aromatic nitrogens is 4. The summed E-state index contributed by atoms with van der Waals surface area (Å²) in [6, 6.07) is 5.62. The van der Waals surface area contributed by atoms with E-state index in [1.54, 1.807) is 18.1 Å². The number of hydrogen-bond acceptors (Lipinski definition) is 5. The van der Waals surface area contributed by atoms with Crippen molar-refractivity contribution in [2.45, 2.75) is 36.0 Å². The number of halogens is 3. The lowest BCUT2D eigenvalue weighted by atomic mass is 10.1. The van der Waals surface area contributed by atoms with Gasteiger partial charge in [-0.25, -0.2) is 4.98 Å². The lowest BCUT2D eigenvalue weighted by molar-refractivity contribution is -0.137. The van der Waals surface area contributed by atoms with Crippen molar-refractivity contribution in [3.05, 3.63) is 47.2 Å². The van der Waals surface area contributed by atoms with Crippen LogP contribution in [0.25, 0.3) is 10.6 Å². The second-order valence-electron chi connectivity index (χ2n) is 5.76. The van der Waals surface area contributed by atoms with E-state index >= 15 is 0 Å². The van der Waals surface area contributed by atoms with Gasteiger partial charge in [0, 0.05) is 22.7 Å².